The molecule has 0 bridgehead atoms. The minimum atomic E-state index is -0.532. The molecule has 30 heavy (non-hydrogen) atoms. The first kappa shape index (κ1) is 20.7. The summed E-state index contributed by atoms with van der Waals surface area (Å²) >= 11 is 0. The van der Waals surface area contributed by atoms with Crippen molar-refractivity contribution >= 4 is 40.1 Å². The van der Waals surface area contributed by atoms with E-state index >= 15 is 0 Å². The maximum Gasteiger partial charge on any atom is 0.250 e. The van der Waals surface area contributed by atoms with Gasteiger partial charge in [0.15, 0.2) is 5.82 Å². The molecule has 3 aromatic rings. The van der Waals surface area contributed by atoms with Crippen LogP contribution in [0, 0.1) is 0 Å². The molecule has 2 aromatic carbocycles. The topological polar surface area (TPSA) is 102 Å². The molecule has 7 heteroatoms. The average molecular weight is 401 g/mol. The van der Waals surface area contributed by atoms with Crippen molar-refractivity contribution in [2.45, 2.75) is 13.8 Å². The summed E-state index contributed by atoms with van der Waals surface area (Å²) in [6.07, 6.45) is 4.95. The first-order chi connectivity index (χ1) is 14.6. The molecular weight excluding hydrogens is 378 g/mol. The number of aliphatic imine (C=N–C) groups is 1. The fourth-order valence-corrected chi connectivity index (χ4v) is 2.88. The molecule has 0 saturated heterocycles. The fourth-order valence-electron chi connectivity index (χ4n) is 2.88. The normalized spacial score (nSPS) is 11.6. The molecule has 0 spiro atoms. The number of anilines is 2. The second kappa shape index (κ2) is 9.47. The molecule has 0 unspecified atom stereocenters. The molecule has 0 radical (unpaired) electrons. The number of nitrogens with zero attached hydrogens (tertiary/aromatic N) is 3. The third-order valence-electron chi connectivity index (χ3n) is 4.26. The summed E-state index contributed by atoms with van der Waals surface area (Å²) in [5.41, 5.74) is 7.81. The van der Waals surface area contributed by atoms with Crippen LogP contribution in [-0.4, -0.2) is 28.7 Å². The zero-order valence-corrected chi connectivity index (χ0v) is 16.9. The van der Waals surface area contributed by atoms with E-state index in [0.717, 1.165) is 5.39 Å². The standard InChI is InChI=1S/C23H23N5O2/c1-4-15(14-25-5-2)22-26-20-12-11-16(30-6-3)13-18(20)23(28-22)27-19-10-8-7-9-17(19)21(24)29/h4-5,7-14H,1,6H2,2-3H3,(H2,24,29)(H,26,27,28)/b15-14+,25-5?. The van der Waals surface area contributed by atoms with E-state index in [0.29, 0.717) is 46.3 Å². The molecule has 7 nitrogen and oxygen atoms in total. The van der Waals surface area contributed by atoms with Crippen LogP contribution in [-0.2, 0) is 0 Å². The Morgan fingerprint density at radius 3 is 2.77 bits per heavy atom. The maximum atomic E-state index is 11.8. The molecule has 0 fully saturated rings. The Bertz CT molecular complexity index is 1150. The first-order valence-corrected chi connectivity index (χ1v) is 9.48. The van der Waals surface area contributed by atoms with Gasteiger partial charge in [0.1, 0.15) is 11.6 Å². The van der Waals surface area contributed by atoms with Gasteiger partial charge in [-0.15, -0.1) is 0 Å². The Morgan fingerprint density at radius 2 is 2.07 bits per heavy atom. The number of hydrogen-bond donors (Lipinski definition) is 2. The number of nitrogens with two attached hydrogens (primary N) is 1. The predicted molar refractivity (Wildman–Crippen MR) is 121 cm³/mol. The van der Waals surface area contributed by atoms with Crippen LogP contribution in [0.4, 0.5) is 11.5 Å². The van der Waals surface area contributed by atoms with E-state index in [4.69, 9.17) is 10.5 Å². The van der Waals surface area contributed by atoms with Crippen molar-refractivity contribution in [3.05, 3.63) is 72.7 Å². The minimum absolute atomic E-state index is 0.363. The number of aromatic nitrogens is 2. The van der Waals surface area contributed by atoms with Crippen molar-refractivity contribution in [3.63, 3.8) is 0 Å². The van der Waals surface area contributed by atoms with Crippen LogP contribution >= 0.6 is 0 Å². The number of ether oxygens (including phenoxy) is 1. The molecule has 152 valence electrons. The van der Waals surface area contributed by atoms with Crippen LogP contribution in [0.5, 0.6) is 5.75 Å². The number of carbonyl (C=O) groups is 1. The molecule has 3 N–H and O–H groups in total. The van der Waals surface area contributed by atoms with Crippen LogP contribution in [0.1, 0.15) is 30.0 Å². The van der Waals surface area contributed by atoms with Gasteiger partial charge < -0.3 is 15.8 Å². The smallest absolute Gasteiger partial charge is 0.250 e. The number of rotatable bonds is 8. The fraction of sp³-hybridized carbons (Fsp3) is 0.130. The SMILES string of the molecule is C=C/C(=C\N=CC)c1nc(Nc2ccccc2C(N)=O)c2cc(OCC)ccc2n1. The number of hydrogen-bond acceptors (Lipinski definition) is 6. The Hall–Kier alpha value is -4.00. The summed E-state index contributed by atoms with van der Waals surface area (Å²) in [4.78, 5) is 25.3. The lowest BCUT2D eigenvalue weighted by atomic mass is 10.1. The molecule has 1 amide bonds. The van der Waals surface area contributed by atoms with E-state index in [1.807, 2.05) is 38.1 Å². The number of para-hydroxylation sites is 1. The molecule has 1 heterocycles. The van der Waals surface area contributed by atoms with Crippen LogP contribution in [0.15, 0.2) is 66.3 Å². The lowest BCUT2D eigenvalue weighted by Crippen LogP contribution is -2.13. The van der Waals surface area contributed by atoms with Gasteiger partial charge in [-0.1, -0.05) is 24.8 Å². The van der Waals surface area contributed by atoms with Gasteiger partial charge in [-0.05, 0) is 44.2 Å². The lowest BCUT2D eigenvalue weighted by molar-refractivity contribution is 0.100. The van der Waals surface area contributed by atoms with Crippen LogP contribution in [0.3, 0.4) is 0 Å². The zero-order valence-electron chi connectivity index (χ0n) is 16.9. The third-order valence-corrected chi connectivity index (χ3v) is 4.26. The van der Waals surface area contributed by atoms with Crippen molar-refractivity contribution in [1.29, 1.82) is 0 Å². The number of nitrogens with one attached hydrogen (secondary N) is 1. The van der Waals surface area contributed by atoms with Crippen LogP contribution in [0.25, 0.3) is 16.5 Å². The second-order valence-corrected chi connectivity index (χ2v) is 6.24. The monoisotopic (exact) mass is 401 g/mol. The number of primary amides is 1. The minimum Gasteiger partial charge on any atom is -0.494 e. The summed E-state index contributed by atoms with van der Waals surface area (Å²) in [5, 5.41) is 3.98. The Balaban J connectivity index is 2.21. The molecule has 0 saturated carbocycles. The molecule has 0 atom stereocenters. The van der Waals surface area contributed by atoms with Crippen molar-refractivity contribution in [1.82, 2.24) is 9.97 Å². The van der Waals surface area contributed by atoms with Crippen molar-refractivity contribution in [2.24, 2.45) is 10.7 Å². The van der Waals surface area contributed by atoms with E-state index in [1.54, 1.807) is 36.7 Å². The molecule has 3 rings (SSSR count). The van der Waals surface area contributed by atoms with Gasteiger partial charge >= 0.3 is 0 Å². The quantitative estimate of drug-likeness (QED) is 0.428. The van der Waals surface area contributed by atoms with Crippen LogP contribution < -0.4 is 15.8 Å². The molecule has 0 aliphatic heterocycles. The number of amides is 1. The van der Waals surface area contributed by atoms with Crippen LogP contribution in [0.2, 0.25) is 0 Å². The highest BCUT2D eigenvalue weighted by atomic mass is 16.5. The highest BCUT2D eigenvalue weighted by molar-refractivity contribution is 6.01. The van der Waals surface area contributed by atoms with Crippen molar-refractivity contribution in [2.75, 3.05) is 11.9 Å². The summed E-state index contributed by atoms with van der Waals surface area (Å²) < 4.78 is 5.63. The number of allylic oxidation sites excluding steroid dienone is 2. The van der Waals surface area contributed by atoms with Gasteiger partial charge in [-0.2, -0.15) is 0 Å². The maximum absolute atomic E-state index is 11.8. The zero-order chi connectivity index (χ0) is 21.5. The van der Waals surface area contributed by atoms with E-state index in [9.17, 15) is 4.79 Å². The number of fused-ring (bicyclic) bond motifs is 1. The predicted octanol–water partition coefficient (Wildman–Crippen LogP) is 4.49. The number of benzene rings is 2. The van der Waals surface area contributed by atoms with Gasteiger partial charge in [0.05, 0.1) is 23.4 Å². The highest BCUT2D eigenvalue weighted by Gasteiger charge is 2.14. The van der Waals surface area contributed by atoms with Gasteiger partial charge in [0.25, 0.3) is 5.91 Å². The summed E-state index contributed by atoms with van der Waals surface area (Å²) in [5.74, 6) is 1.13. The molecule has 0 aliphatic carbocycles. The highest BCUT2D eigenvalue weighted by Crippen LogP contribution is 2.30. The van der Waals surface area contributed by atoms with E-state index in [1.165, 1.54) is 0 Å². The summed E-state index contributed by atoms with van der Waals surface area (Å²) in [6.45, 7) is 8.11. The van der Waals surface area contributed by atoms with Crippen molar-refractivity contribution < 1.29 is 9.53 Å². The average Bonchev–Trinajstić information content (AvgIpc) is 2.75. The molecular formula is C23H23N5O2. The number of carbonyl (C=O) groups excluding carboxylic acids is 1. The lowest BCUT2D eigenvalue weighted by Gasteiger charge is -2.14. The van der Waals surface area contributed by atoms with Gasteiger partial charge in [0.2, 0.25) is 0 Å². The van der Waals surface area contributed by atoms with Gasteiger partial charge in [-0.25, -0.2) is 9.97 Å². The summed E-state index contributed by atoms with van der Waals surface area (Å²) in [6, 6.07) is 12.6. The third kappa shape index (κ3) is 4.52. The van der Waals surface area contributed by atoms with Crippen molar-refractivity contribution in [3.8, 4) is 5.75 Å². The Labute approximate surface area is 175 Å². The molecule has 1 aromatic heterocycles. The molecule has 0 aliphatic rings. The van der Waals surface area contributed by atoms with E-state index in [-0.39, 0.29) is 0 Å². The summed E-state index contributed by atoms with van der Waals surface area (Å²) in [7, 11) is 0. The Kier molecular flexibility index (Phi) is 6.54. The largest absolute Gasteiger partial charge is 0.494 e. The van der Waals surface area contributed by atoms with E-state index in [2.05, 4.69) is 26.9 Å². The second-order valence-electron chi connectivity index (χ2n) is 6.24. The van der Waals surface area contributed by atoms with Gasteiger partial charge in [0, 0.05) is 23.4 Å². The van der Waals surface area contributed by atoms with Gasteiger partial charge in [-0.3, -0.25) is 9.79 Å². The Morgan fingerprint density at radius 1 is 1.27 bits per heavy atom. The first-order valence-electron chi connectivity index (χ1n) is 9.48. The van der Waals surface area contributed by atoms with E-state index < -0.39 is 5.91 Å².